The maximum atomic E-state index is 4.74. The maximum Gasteiger partial charge on any atom is 0.0707 e. The van der Waals surface area contributed by atoms with Crippen LogP contribution in [0.2, 0.25) is 0 Å². The van der Waals surface area contributed by atoms with Gasteiger partial charge in [-0.1, -0.05) is 38.3 Å². The minimum Gasteiger partial charge on any atom is -0.306 e. The largest absolute Gasteiger partial charge is 0.306 e. The van der Waals surface area contributed by atoms with Crippen LogP contribution in [0.15, 0.2) is 17.7 Å². The summed E-state index contributed by atoms with van der Waals surface area (Å²) in [6.45, 7) is 8.52. The van der Waals surface area contributed by atoms with Crippen molar-refractivity contribution in [2.75, 3.05) is 6.54 Å². The predicted molar refractivity (Wildman–Crippen MR) is 89.5 cm³/mol. The van der Waals surface area contributed by atoms with Gasteiger partial charge < -0.3 is 5.32 Å². The van der Waals surface area contributed by atoms with Crippen molar-refractivity contribution >= 4 is 0 Å². The van der Waals surface area contributed by atoms with Gasteiger partial charge in [-0.05, 0) is 51.6 Å². The van der Waals surface area contributed by atoms with Crippen LogP contribution in [0.4, 0.5) is 0 Å². The molecule has 1 atom stereocenters. The van der Waals surface area contributed by atoms with Crippen LogP contribution in [0.3, 0.4) is 0 Å². The summed E-state index contributed by atoms with van der Waals surface area (Å²) >= 11 is 0. The Morgan fingerprint density at radius 1 is 1.19 bits per heavy atom. The fourth-order valence-corrected chi connectivity index (χ4v) is 3.25. The minimum atomic E-state index is 0.348. The van der Waals surface area contributed by atoms with E-state index in [1.807, 2.05) is 0 Å². The van der Waals surface area contributed by atoms with E-state index < -0.39 is 0 Å². The minimum absolute atomic E-state index is 0.348. The van der Waals surface area contributed by atoms with E-state index in [1.54, 1.807) is 5.57 Å². The third-order valence-electron chi connectivity index (χ3n) is 4.42. The van der Waals surface area contributed by atoms with E-state index >= 15 is 0 Å². The van der Waals surface area contributed by atoms with Crippen molar-refractivity contribution in [3.05, 3.63) is 29.1 Å². The Hall–Kier alpha value is -1.09. The van der Waals surface area contributed by atoms with E-state index in [2.05, 4.69) is 42.9 Å². The number of likely N-dealkylation sites (N-methyl/N-ethyl adjacent to an activating group) is 1. The highest BCUT2D eigenvalue weighted by molar-refractivity contribution is 5.25. The number of hydrogen-bond donors (Lipinski definition) is 1. The zero-order valence-electron chi connectivity index (χ0n) is 14.0. The van der Waals surface area contributed by atoms with Crippen LogP contribution in [-0.4, -0.2) is 16.3 Å². The van der Waals surface area contributed by atoms with Gasteiger partial charge in [0.1, 0.15) is 0 Å². The van der Waals surface area contributed by atoms with Crippen molar-refractivity contribution in [3.8, 4) is 0 Å². The molecule has 0 radical (unpaired) electrons. The molecular weight excluding hydrogens is 258 g/mol. The van der Waals surface area contributed by atoms with Gasteiger partial charge in [0.05, 0.1) is 17.4 Å². The Kier molecular flexibility index (Phi) is 6.50. The van der Waals surface area contributed by atoms with Crippen molar-refractivity contribution in [1.29, 1.82) is 0 Å². The summed E-state index contributed by atoms with van der Waals surface area (Å²) in [4.78, 5) is 0. The monoisotopic (exact) mass is 289 g/mol. The Balaban J connectivity index is 2.30. The molecule has 1 N–H and O–H groups in total. The van der Waals surface area contributed by atoms with Crippen molar-refractivity contribution < 1.29 is 0 Å². The van der Waals surface area contributed by atoms with Gasteiger partial charge in [-0.15, -0.1) is 0 Å². The molecule has 1 aliphatic rings. The van der Waals surface area contributed by atoms with Crippen LogP contribution in [0.5, 0.6) is 0 Å². The maximum absolute atomic E-state index is 4.74. The SMILES string of the molecule is CCNC(C1=CCCCCCC1)c1cc(CC)nn1CC. The Morgan fingerprint density at radius 3 is 2.71 bits per heavy atom. The quantitative estimate of drug-likeness (QED) is 0.787. The number of nitrogens with zero attached hydrogens (tertiary/aromatic N) is 2. The van der Waals surface area contributed by atoms with Crippen molar-refractivity contribution in [1.82, 2.24) is 15.1 Å². The lowest BCUT2D eigenvalue weighted by molar-refractivity contribution is 0.508. The van der Waals surface area contributed by atoms with Crippen LogP contribution < -0.4 is 5.32 Å². The van der Waals surface area contributed by atoms with Gasteiger partial charge in [-0.2, -0.15) is 5.10 Å². The molecule has 0 amide bonds. The lowest BCUT2D eigenvalue weighted by Gasteiger charge is -2.24. The van der Waals surface area contributed by atoms with Crippen LogP contribution in [0.1, 0.15) is 76.7 Å². The number of allylic oxidation sites excluding steroid dienone is 1. The Morgan fingerprint density at radius 2 is 2.00 bits per heavy atom. The van der Waals surface area contributed by atoms with Gasteiger partial charge in [0.2, 0.25) is 0 Å². The van der Waals surface area contributed by atoms with E-state index in [-0.39, 0.29) is 0 Å². The third kappa shape index (κ3) is 4.19. The van der Waals surface area contributed by atoms with Crippen LogP contribution in [0.25, 0.3) is 0 Å². The van der Waals surface area contributed by atoms with Gasteiger partial charge in [0, 0.05) is 6.54 Å². The number of nitrogens with one attached hydrogen (secondary N) is 1. The van der Waals surface area contributed by atoms with Crippen molar-refractivity contribution in [3.63, 3.8) is 0 Å². The standard InChI is InChI=1S/C18H31N3/c1-4-16-14-17(21(6-3)20-16)18(19-5-2)15-12-10-8-7-9-11-13-15/h12,14,18-19H,4-11,13H2,1-3H3. The first-order valence-electron chi connectivity index (χ1n) is 8.79. The highest BCUT2D eigenvalue weighted by Crippen LogP contribution is 2.29. The van der Waals surface area contributed by atoms with Gasteiger partial charge in [-0.25, -0.2) is 0 Å². The van der Waals surface area contributed by atoms with Crippen LogP contribution in [0, 0.1) is 0 Å². The van der Waals surface area contributed by atoms with E-state index in [9.17, 15) is 0 Å². The molecule has 1 aliphatic carbocycles. The summed E-state index contributed by atoms with van der Waals surface area (Å²) < 4.78 is 2.19. The lowest BCUT2D eigenvalue weighted by Crippen LogP contribution is -2.26. The smallest absolute Gasteiger partial charge is 0.0707 e. The Bertz CT molecular complexity index is 459. The van der Waals surface area contributed by atoms with Gasteiger partial charge >= 0.3 is 0 Å². The van der Waals surface area contributed by atoms with Crippen LogP contribution in [-0.2, 0) is 13.0 Å². The number of hydrogen-bond acceptors (Lipinski definition) is 2. The molecule has 0 aliphatic heterocycles. The number of aryl methyl sites for hydroxylation is 2. The van der Waals surface area contributed by atoms with E-state index in [0.29, 0.717) is 6.04 Å². The molecule has 0 saturated carbocycles. The predicted octanol–water partition coefficient (Wildman–Crippen LogP) is 4.40. The lowest BCUT2D eigenvalue weighted by atomic mass is 9.93. The van der Waals surface area contributed by atoms with E-state index in [0.717, 1.165) is 19.5 Å². The average molecular weight is 289 g/mol. The summed E-state index contributed by atoms with van der Waals surface area (Å²) in [5, 5.41) is 8.44. The zero-order valence-corrected chi connectivity index (χ0v) is 14.0. The van der Waals surface area contributed by atoms with Gasteiger partial charge in [-0.3, -0.25) is 4.68 Å². The molecule has 21 heavy (non-hydrogen) atoms. The normalized spacial score (nSPS) is 18.0. The molecular formula is C18H31N3. The molecule has 0 spiro atoms. The number of aromatic nitrogens is 2. The summed E-state index contributed by atoms with van der Waals surface area (Å²) in [6, 6.07) is 2.65. The summed E-state index contributed by atoms with van der Waals surface area (Å²) in [5.41, 5.74) is 4.14. The van der Waals surface area contributed by atoms with E-state index in [4.69, 9.17) is 5.10 Å². The Labute approximate surface area is 129 Å². The molecule has 1 aromatic rings. The molecule has 1 heterocycles. The molecule has 0 fully saturated rings. The number of rotatable bonds is 6. The summed E-state index contributed by atoms with van der Waals surface area (Å²) in [5.74, 6) is 0. The van der Waals surface area contributed by atoms with Crippen molar-refractivity contribution in [2.45, 2.75) is 78.3 Å². The van der Waals surface area contributed by atoms with Gasteiger partial charge in [0.15, 0.2) is 0 Å². The molecule has 0 aromatic carbocycles. The van der Waals surface area contributed by atoms with Gasteiger partial charge in [0.25, 0.3) is 0 Å². The molecule has 1 aromatic heterocycles. The highest BCUT2D eigenvalue weighted by Gasteiger charge is 2.21. The first kappa shape index (κ1) is 16.3. The molecule has 118 valence electrons. The van der Waals surface area contributed by atoms with Crippen LogP contribution >= 0.6 is 0 Å². The molecule has 0 bridgehead atoms. The first-order valence-corrected chi connectivity index (χ1v) is 8.79. The fourth-order valence-electron chi connectivity index (χ4n) is 3.25. The molecule has 0 saturated heterocycles. The topological polar surface area (TPSA) is 29.9 Å². The first-order chi connectivity index (χ1) is 10.3. The molecule has 1 unspecified atom stereocenters. The second-order valence-corrected chi connectivity index (χ2v) is 5.95. The second kappa shape index (κ2) is 8.38. The highest BCUT2D eigenvalue weighted by atomic mass is 15.3. The zero-order chi connectivity index (χ0) is 15.1. The van der Waals surface area contributed by atoms with Crippen molar-refractivity contribution in [2.24, 2.45) is 0 Å². The molecule has 3 heteroatoms. The summed E-state index contributed by atoms with van der Waals surface area (Å²) in [6.07, 6.45) is 11.4. The van der Waals surface area contributed by atoms with E-state index in [1.165, 1.54) is 49.9 Å². The second-order valence-electron chi connectivity index (χ2n) is 5.95. The third-order valence-corrected chi connectivity index (χ3v) is 4.42. The molecule has 2 rings (SSSR count). The average Bonchev–Trinajstić information content (AvgIpc) is 2.88. The fraction of sp³-hybridized carbons (Fsp3) is 0.722. The molecule has 3 nitrogen and oxygen atoms in total. The summed E-state index contributed by atoms with van der Waals surface area (Å²) in [7, 11) is 0.